The van der Waals surface area contributed by atoms with Crippen LogP contribution in [0.3, 0.4) is 0 Å². The molecule has 38 heavy (non-hydrogen) atoms. The summed E-state index contributed by atoms with van der Waals surface area (Å²) < 4.78 is 63.1. The van der Waals surface area contributed by atoms with E-state index >= 15 is 0 Å². The van der Waals surface area contributed by atoms with Crippen molar-refractivity contribution in [2.45, 2.75) is 24.8 Å². The van der Waals surface area contributed by atoms with Gasteiger partial charge in [0.05, 0.1) is 18.3 Å². The van der Waals surface area contributed by atoms with Crippen LogP contribution in [-0.4, -0.2) is 71.8 Å². The number of alkyl halides is 2. The zero-order valence-electron chi connectivity index (χ0n) is 20.9. The number of rotatable bonds is 9. The molecule has 0 radical (unpaired) electrons. The summed E-state index contributed by atoms with van der Waals surface area (Å²) in [6.45, 7) is 1.71. The van der Waals surface area contributed by atoms with E-state index < -0.39 is 47.8 Å². The van der Waals surface area contributed by atoms with Crippen molar-refractivity contribution in [2.75, 3.05) is 45.3 Å². The number of benzene rings is 2. The van der Waals surface area contributed by atoms with Gasteiger partial charge < -0.3 is 15.2 Å². The van der Waals surface area contributed by atoms with Crippen molar-refractivity contribution >= 4 is 11.8 Å². The molecular formula is C26H29F4N5O3. The van der Waals surface area contributed by atoms with Gasteiger partial charge in [-0.15, -0.1) is 0 Å². The van der Waals surface area contributed by atoms with Crippen molar-refractivity contribution in [1.29, 1.82) is 0 Å². The van der Waals surface area contributed by atoms with Gasteiger partial charge in [-0.25, -0.2) is 18.3 Å². The Balaban J connectivity index is 1.61. The Morgan fingerprint density at radius 2 is 1.84 bits per heavy atom. The fourth-order valence-corrected chi connectivity index (χ4v) is 4.69. The first kappa shape index (κ1) is 27.6. The molecule has 204 valence electrons. The standard InChI is InChI=1S/C26H29F4N5O3/c1-16-23(26(29,30)15-36)33-35(20-6-4-3-5-7-20)24(16)32-25(37)31-22-14-34(8-9-38-2)13-21(22)17-10-18(27)12-19(28)11-17/h3-7,10-12,21-22,36H,8-9,13-15H2,1-2H3,(H2,31,32,37)/t21-,22+/m0/s1. The molecule has 2 atom stereocenters. The Labute approximate surface area is 217 Å². The number of urea groups is 1. The molecule has 1 aliphatic rings. The highest BCUT2D eigenvalue weighted by Gasteiger charge is 2.39. The smallest absolute Gasteiger partial charge is 0.320 e. The molecule has 2 amide bonds. The number of anilines is 1. The summed E-state index contributed by atoms with van der Waals surface area (Å²) in [6.07, 6.45) is 0. The van der Waals surface area contributed by atoms with Gasteiger partial charge in [-0.05, 0) is 36.8 Å². The third-order valence-electron chi connectivity index (χ3n) is 6.54. The van der Waals surface area contributed by atoms with Crippen LogP contribution in [0.5, 0.6) is 0 Å². The number of ether oxygens (including phenoxy) is 1. The normalized spacial score (nSPS) is 18.1. The molecule has 3 N–H and O–H groups in total. The number of aliphatic hydroxyl groups is 1. The van der Waals surface area contributed by atoms with E-state index in [0.717, 1.165) is 6.07 Å². The van der Waals surface area contributed by atoms with Gasteiger partial charge in [0.15, 0.2) is 0 Å². The lowest BCUT2D eigenvalue weighted by atomic mass is 9.94. The molecule has 12 heteroatoms. The highest BCUT2D eigenvalue weighted by atomic mass is 19.3. The lowest BCUT2D eigenvalue weighted by Crippen LogP contribution is -2.42. The van der Waals surface area contributed by atoms with E-state index in [1.54, 1.807) is 37.4 Å². The minimum absolute atomic E-state index is 0.000545. The van der Waals surface area contributed by atoms with E-state index in [2.05, 4.69) is 15.7 Å². The van der Waals surface area contributed by atoms with Crippen molar-refractivity contribution in [3.63, 3.8) is 0 Å². The molecule has 0 bridgehead atoms. The first-order chi connectivity index (χ1) is 18.1. The second kappa shape index (κ2) is 11.5. The van der Waals surface area contributed by atoms with Gasteiger partial charge in [-0.2, -0.15) is 13.9 Å². The summed E-state index contributed by atoms with van der Waals surface area (Å²) in [6, 6.07) is 10.4. The molecule has 0 unspecified atom stereocenters. The van der Waals surface area contributed by atoms with E-state index in [9.17, 15) is 27.5 Å². The highest BCUT2D eigenvalue weighted by Crippen LogP contribution is 2.34. The molecule has 2 aromatic carbocycles. The van der Waals surface area contributed by atoms with Crippen LogP contribution in [0.25, 0.3) is 5.69 Å². The number of para-hydroxylation sites is 1. The number of hydrogen-bond acceptors (Lipinski definition) is 5. The molecule has 1 saturated heterocycles. The van der Waals surface area contributed by atoms with E-state index in [-0.39, 0.29) is 11.4 Å². The number of carbonyl (C=O) groups is 1. The monoisotopic (exact) mass is 535 g/mol. The molecule has 2 heterocycles. The molecule has 8 nitrogen and oxygen atoms in total. The number of carbonyl (C=O) groups excluding carboxylic acids is 1. The minimum Gasteiger partial charge on any atom is -0.390 e. The second-order valence-corrected chi connectivity index (χ2v) is 9.20. The topological polar surface area (TPSA) is 91.7 Å². The maximum absolute atomic E-state index is 14.4. The van der Waals surface area contributed by atoms with E-state index in [4.69, 9.17) is 4.74 Å². The maximum Gasteiger partial charge on any atom is 0.320 e. The number of nitrogens with one attached hydrogen (secondary N) is 2. The molecule has 4 rings (SSSR count). The van der Waals surface area contributed by atoms with Gasteiger partial charge in [0.1, 0.15) is 29.8 Å². The third kappa shape index (κ3) is 5.98. The van der Waals surface area contributed by atoms with Crippen LogP contribution >= 0.6 is 0 Å². The summed E-state index contributed by atoms with van der Waals surface area (Å²) in [5.74, 6) is -5.51. The average molecular weight is 536 g/mol. The van der Waals surface area contributed by atoms with Crippen molar-refractivity contribution in [1.82, 2.24) is 20.0 Å². The zero-order chi connectivity index (χ0) is 27.4. The Kier molecular flexibility index (Phi) is 8.34. The Hall–Kier alpha value is -3.48. The summed E-state index contributed by atoms with van der Waals surface area (Å²) in [5.41, 5.74) is 0.132. The molecular weight excluding hydrogens is 506 g/mol. The number of likely N-dealkylation sites (tertiary alicyclic amines) is 1. The second-order valence-electron chi connectivity index (χ2n) is 9.20. The molecule has 1 aromatic heterocycles. The molecule has 0 spiro atoms. The predicted octanol–water partition coefficient (Wildman–Crippen LogP) is 3.78. The zero-order valence-corrected chi connectivity index (χ0v) is 20.9. The summed E-state index contributed by atoms with van der Waals surface area (Å²) in [5, 5.41) is 18.7. The number of aromatic nitrogens is 2. The van der Waals surface area contributed by atoms with Gasteiger partial charge in [0, 0.05) is 44.3 Å². The van der Waals surface area contributed by atoms with Crippen LogP contribution < -0.4 is 10.6 Å². The van der Waals surface area contributed by atoms with E-state index in [0.29, 0.717) is 37.5 Å². The van der Waals surface area contributed by atoms with Gasteiger partial charge in [0.2, 0.25) is 0 Å². The maximum atomic E-state index is 14.4. The lowest BCUT2D eigenvalue weighted by Gasteiger charge is -2.21. The number of nitrogens with zero attached hydrogens (tertiary/aromatic N) is 3. The van der Waals surface area contributed by atoms with Crippen LogP contribution in [0, 0.1) is 18.6 Å². The lowest BCUT2D eigenvalue weighted by molar-refractivity contribution is -0.0599. The minimum atomic E-state index is -3.63. The number of aliphatic hydroxyl groups excluding tert-OH is 1. The van der Waals surface area contributed by atoms with E-state index in [1.165, 1.54) is 23.7 Å². The third-order valence-corrected chi connectivity index (χ3v) is 6.54. The quantitative estimate of drug-likeness (QED) is 0.363. The number of halogens is 4. The fourth-order valence-electron chi connectivity index (χ4n) is 4.69. The Bertz CT molecular complexity index is 1250. The first-order valence-electron chi connectivity index (χ1n) is 12.0. The Morgan fingerprint density at radius 1 is 1.16 bits per heavy atom. The SMILES string of the molecule is COCCN1C[C@@H](NC(=O)Nc2c(C)c(C(F)(F)CO)nn2-c2ccccc2)[C@H](c2cc(F)cc(F)c2)C1. The van der Waals surface area contributed by atoms with Crippen LogP contribution in [0.1, 0.15) is 22.7 Å². The van der Waals surface area contributed by atoms with E-state index in [1.807, 2.05) is 4.90 Å². The van der Waals surface area contributed by atoms with Crippen molar-refractivity contribution in [2.24, 2.45) is 0 Å². The molecule has 1 fully saturated rings. The highest BCUT2D eigenvalue weighted by molar-refractivity contribution is 5.90. The van der Waals surface area contributed by atoms with Crippen molar-refractivity contribution in [3.05, 3.63) is 77.0 Å². The Morgan fingerprint density at radius 3 is 2.47 bits per heavy atom. The summed E-state index contributed by atoms with van der Waals surface area (Å²) >= 11 is 0. The van der Waals surface area contributed by atoms with Gasteiger partial charge in [-0.3, -0.25) is 10.2 Å². The van der Waals surface area contributed by atoms with Crippen molar-refractivity contribution < 1.29 is 32.2 Å². The van der Waals surface area contributed by atoms with Gasteiger partial charge in [0.25, 0.3) is 0 Å². The molecule has 3 aromatic rings. The summed E-state index contributed by atoms with van der Waals surface area (Å²) in [7, 11) is 1.56. The van der Waals surface area contributed by atoms with Crippen LogP contribution in [0.4, 0.5) is 28.2 Å². The van der Waals surface area contributed by atoms with Crippen LogP contribution in [-0.2, 0) is 10.7 Å². The number of methoxy groups -OCH3 is 1. The average Bonchev–Trinajstić information content (AvgIpc) is 3.43. The predicted molar refractivity (Wildman–Crippen MR) is 133 cm³/mol. The first-order valence-corrected chi connectivity index (χ1v) is 12.0. The van der Waals surface area contributed by atoms with Crippen LogP contribution in [0.2, 0.25) is 0 Å². The number of hydrogen-bond donors (Lipinski definition) is 3. The number of amides is 2. The van der Waals surface area contributed by atoms with Gasteiger partial charge in [-0.1, -0.05) is 18.2 Å². The molecule has 1 aliphatic heterocycles. The van der Waals surface area contributed by atoms with Crippen molar-refractivity contribution in [3.8, 4) is 5.69 Å². The molecule has 0 saturated carbocycles. The van der Waals surface area contributed by atoms with Gasteiger partial charge >= 0.3 is 12.0 Å². The largest absolute Gasteiger partial charge is 0.390 e. The summed E-state index contributed by atoms with van der Waals surface area (Å²) in [4.78, 5) is 15.2. The fraction of sp³-hybridized carbons (Fsp3) is 0.385. The van der Waals surface area contributed by atoms with Crippen LogP contribution in [0.15, 0.2) is 48.5 Å². The molecule has 0 aliphatic carbocycles.